The molecule has 1 fully saturated rings. The van der Waals surface area contributed by atoms with E-state index >= 15 is 0 Å². The second-order valence-corrected chi connectivity index (χ2v) is 8.51. The lowest BCUT2D eigenvalue weighted by molar-refractivity contribution is -0.143. The van der Waals surface area contributed by atoms with Crippen LogP contribution in [0.5, 0.6) is 0 Å². The zero-order chi connectivity index (χ0) is 21.4. The summed E-state index contributed by atoms with van der Waals surface area (Å²) in [6.07, 6.45) is 4.55. The molecule has 0 saturated heterocycles. The van der Waals surface area contributed by atoms with Crippen molar-refractivity contribution < 1.29 is 14.7 Å². The molecule has 1 aliphatic carbocycles. The standard InChI is InChI=1S/C23H28N4O3/c1-13(23(29)30)15-3-5-16(6-4-15)17-7-9-18(10-8-17)27-12-11-19-20(22(27)28)21(24)26-14(2)25-19/h7-10,13,15-16H,3-6,11-12H2,1-2H3,(H,29,30)(H2,24,25,26). The lowest BCUT2D eigenvalue weighted by atomic mass is 9.74. The van der Waals surface area contributed by atoms with Gasteiger partial charge in [0.25, 0.3) is 5.91 Å². The molecular weight excluding hydrogens is 380 g/mol. The molecule has 4 rings (SSSR count). The molecule has 2 heterocycles. The van der Waals surface area contributed by atoms with E-state index in [9.17, 15) is 14.7 Å². The fourth-order valence-corrected chi connectivity index (χ4v) is 4.85. The van der Waals surface area contributed by atoms with E-state index in [0.717, 1.165) is 37.1 Å². The fourth-order valence-electron chi connectivity index (χ4n) is 4.85. The normalized spacial score (nSPS) is 22.5. The number of amides is 1. The molecule has 3 N–H and O–H groups in total. The van der Waals surface area contributed by atoms with Gasteiger partial charge < -0.3 is 15.7 Å². The molecule has 1 aromatic carbocycles. The number of hydrogen-bond acceptors (Lipinski definition) is 5. The number of carbonyl (C=O) groups is 2. The van der Waals surface area contributed by atoms with Crippen LogP contribution in [0, 0.1) is 18.8 Å². The summed E-state index contributed by atoms with van der Waals surface area (Å²) in [4.78, 5) is 34.5. The summed E-state index contributed by atoms with van der Waals surface area (Å²) in [5.74, 6) is 0.421. The molecule has 7 nitrogen and oxygen atoms in total. The van der Waals surface area contributed by atoms with Gasteiger partial charge >= 0.3 is 5.97 Å². The minimum absolute atomic E-state index is 0.148. The van der Waals surface area contributed by atoms with Crippen LogP contribution in [0.15, 0.2) is 24.3 Å². The van der Waals surface area contributed by atoms with Crippen LogP contribution in [0.3, 0.4) is 0 Å². The first-order valence-electron chi connectivity index (χ1n) is 10.6. The van der Waals surface area contributed by atoms with Crippen LogP contribution in [0.2, 0.25) is 0 Å². The van der Waals surface area contributed by atoms with Gasteiger partial charge in [0.15, 0.2) is 0 Å². The maximum Gasteiger partial charge on any atom is 0.306 e. The molecule has 1 amide bonds. The summed E-state index contributed by atoms with van der Waals surface area (Å²) in [7, 11) is 0. The summed E-state index contributed by atoms with van der Waals surface area (Å²) < 4.78 is 0. The van der Waals surface area contributed by atoms with Crippen molar-refractivity contribution in [2.24, 2.45) is 11.8 Å². The number of carboxylic acid groups (broad SMARTS) is 1. The molecule has 1 aliphatic heterocycles. The van der Waals surface area contributed by atoms with Gasteiger partial charge in [-0.25, -0.2) is 9.97 Å². The van der Waals surface area contributed by atoms with Gasteiger partial charge in [0.05, 0.1) is 11.6 Å². The molecule has 2 aromatic rings. The second kappa shape index (κ2) is 8.05. The lowest BCUT2D eigenvalue weighted by Crippen LogP contribution is -2.39. The Morgan fingerprint density at radius 2 is 1.83 bits per heavy atom. The Morgan fingerprint density at radius 1 is 1.17 bits per heavy atom. The van der Waals surface area contributed by atoms with Crippen molar-refractivity contribution >= 4 is 23.4 Å². The molecular formula is C23H28N4O3. The molecule has 7 heteroatoms. The van der Waals surface area contributed by atoms with Gasteiger partial charge in [-0.3, -0.25) is 9.59 Å². The zero-order valence-corrected chi connectivity index (χ0v) is 17.5. The number of nitrogens with two attached hydrogens (primary N) is 1. The summed E-state index contributed by atoms with van der Waals surface area (Å²) in [5.41, 5.74) is 9.26. The topological polar surface area (TPSA) is 109 Å². The number of anilines is 2. The van der Waals surface area contributed by atoms with E-state index in [1.807, 2.05) is 19.1 Å². The van der Waals surface area contributed by atoms with Gasteiger partial charge in [-0.1, -0.05) is 19.1 Å². The quantitative estimate of drug-likeness (QED) is 0.800. The highest BCUT2D eigenvalue weighted by atomic mass is 16.4. The highest BCUT2D eigenvalue weighted by Crippen LogP contribution is 2.39. The summed E-state index contributed by atoms with van der Waals surface area (Å²) in [6, 6.07) is 8.18. The largest absolute Gasteiger partial charge is 0.481 e. The van der Waals surface area contributed by atoms with Crippen LogP contribution >= 0.6 is 0 Å². The van der Waals surface area contributed by atoms with Crippen LogP contribution in [0.4, 0.5) is 11.5 Å². The molecule has 1 atom stereocenters. The van der Waals surface area contributed by atoms with E-state index in [2.05, 4.69) is 22.1 Å². The summed E-state index contributed by atoms with van der Waals surface area (Å²) in [6.45, 7) is 4.16. The van der Waals surface area contributed by atoms with Crippen molar-refractivity contribution in [2.45, 2.75) is 51.9 Å². The number of aromatic nitrogens is 2. The number of fused-ring (bicyclic) bond motifs is 1. The average Bonchev–Trinajstić information content (AvgIpc) is 2.73. The van der Waals surface area contributed by atoms with E-state index in [1.165, 1.54) is 5.56 Å². The number of aliphatic carboxylic acids is 1. The van der Waals surface area contributed by atoms with E-state index in [4.69, 9.17) is 5.73 Å². The minimum Gasteiger partial charge on any atom is -0.481 e. The van der Waals surface area contributed by atoms with Gasteiger partial charge in [0.1, 0.15) is 17.2 Å². The average molecular weight is 409 g/mol. The van der Waals surface area contributed by atoms with Gasteiger partial charge in [-0.2, -0.15) is 0 Å². The minimum atomic E-state index is -0.697. The number of benzene rings is 1. The first kappa shape index (κ1) is 20.3. The molecule has 1 unspecified atom stereocenters. The molecule has 2 aliphatic rings. The summed E-state index contributed by atoms with van der Waals surface area (Å²) in [5, 5.41) is 9.24. The monoisotopic (exact) mass is 408 g/mol. The third kappa shape index (κ3) is 3.76. The van der Waals surface area contributed by atoms with Crippen molar-refractivity contribution in [1.82, 2.24) is 9.97 Å². The highest BCUT2D eigenvalue weighted by molar-refractivity contribution is 6.10. The van der Waals surface area contributed by atoms with Crippen molar-refractivity contribution in [1.29, 1.82) is 0 Å². The predicted molar refractivity (Wildman–Crippen MR) is 115 cm³/mol. The maximum atomic E-state index is 13.0. The molecule has 30 heavy (non-hydrogen) atoms. The summed E-state index contributed by atoms with van der Waals surface area (Å²) >= 11 is 0. The van der Waals surface area contributed by atoms with E-state index in [0.29, 0.717) is 30.3 Å². The molecule has 1 aromatic heterocycles. The van der Waals surface area contributed by atoms with Crippen molar-refractivity contribution in [3.05, 3.63) is 46.9 Å². The molecule has 0 radical (unpaired) electrons. The van der Waals surface area contributed by atoms with Crippen molar-refractivity contribution in [3.63, 3.8) is 0 Å². The molecule has 0 spiro atoms. The van der Waals surface area contributed by atoms with Crippen LogP contribution in [-0.4, -0.2) is 33.5 Å². The highest BCUT2D eigenvalue weighted by Gasteiger charge is 2.31. The smallest absolute Gasteiger partial charge is 0.306 e. The first-order chi connectivity index (χ1) is 14.3. The molecule has 0 bridgehead atoms. The Bertz CT molecular complexity index is 965. The third-order valence-corrected chi connectivity index (χ3v) is 6.70. The van der Waals surface area contributed by atoms with Gasteiger partial charge in [-0.15, -0.1) is 0 Å². The Balaban J connectivity index is 1.46. The van der Waals surface area contributed by atoms with Crippen LogP contribution in [0.1, 0.15) is 66.0 Å². The van der Waals surface area contributed by atoms with Gasteiger partial charge in [0.2, 0.25) is 0 Å². The Labute approximate surface area is 176 Å². The second-order valence-electron chi connectivity index (χ2n) is 8.51. The van der Waals surface area contributed by atoms with Gasteiger partial charge in [0, 0.05) is 18.7 Å². The Morgan fingerprint density at radius 3 is 2.47 bits per heavy atom. The van der Waals surface area contributed by atoms with Crippen LogP contribution in [-0.2, 0) is 11.2 Å². The van der Waals surface area contributed by atoms with Gasteiger partial charge in [-0.05, 0) is 62.1 Å². The van der Waals surface area contributed by atoms with Crippen LogP contribution < -0.4 is 10.6 Å². The van der Waals surface area contributed by atoms with E-state index in [-0.39, 0.29) is 23.6 Å². The predicted octanol–water partition coefficient (Wildman–Crippen LogP) is 3.56. The first-order valence-corrected chi connectivity index (χ1v) is 10.6. The number of rotatable bonds is 4. The number of aryl methyl sites for hydroxylation is 1. The van der Waals surface area contributed by atoms with Crippen molar-refractivity contribution in [2.75, 3.05) is 17.2 Å². The number of nitrogens with zero attached hydrogens (tertiary/aromatic N) is 3. The maximum absolute atomic E-state index is 13.0. The Kier molecular flexibility index (Phi) is 5.45. The Hall–Kier alpha value is -2.96. The van der Waals surface area contributed by atoms with Crippen LogP contribution in [0.25, 0.3) is 0 Å². The SMILES string of the molecule is Cc1nc(N)c2c(n1)CCN(c1ccc(C3CCC(C(C)C(=O)O)CC3)cc1)C2=O. The lowest BCUT2D eigenvalue weighted by Gasteiger charge is -2.31. The van der Waals surface area contributed by atoms with Crippen molar-refractivity contribution in [3.8, 4) is 0 Å². The number of nitrogen functional groups attached to an aromatic ring is 1. The van der Waals surface area contributed by atoms with E-state index < -0.39 is 5.97 Å². The fraction of sp³-hybridized carbons (Fsp3) is 0.478. The zero-order valence-electron chi connectivity index (χ0n) is 17.5. The van der Waals surface area contributed by atoms with E-state index in [1.54, 1.807) is 11.8 Å². The number of carbonyl (C=O) groups excluding carboxylic acids is 1. The molecule has 1 saturated carbocycles. The molecule has 158 valence electrons. The number of carboxylic acids is 1. The third-order valence-electron chi connectivity index (χ3n) is 6.70. The number of hydrogen-bond donors (Lipinski definition) is 2.